The fraction of sp³-hybridized carbons (Fsp3) is 0.176. The van der Waals surface area contributed by atoms with Gasteiger partial charge in [0.15, 0.2) is 0 Å². The molecule has 0 fully saturated rings. The lowest BCUT2D eigenvalue weighted by Gasteiger charge is -2.15. The van der Waals surface area contributed by atoms with Gasteiger partial charge in [0.2, 0.25) is 15.9 Å². The molecule has 0 spiro atoms. The number of rotatable bonds is 6. The lowest BCUT2D eigenvalue weighted by Crippen LogP contribution is -2.43. The number of urea groups is 1. The van der Waals surface area contributed by atoms with E-state index < -0.39 is 28.0 Å². The minimum Gasteiger partial charge on any atom is -0.326 e. The van der Waals surface area contributed by atoms with Crippen molar-refractivity contribution >= 4 is 39.0 Å². The zero-order chi connectivity index (χ0) is 19.2. The van der Waals surface area contributed by atoms with Crippen LogP contribution in [0.3, 0.4) is 0 Å². The van der Waals surface area contributed by atoms with E-state index in [1.165, 1.54) is 12.1 Å². The number of nitrogens with one attached hydrogen (secondary N) is 4. The van der Waals surface area contributed by atoms with Crippen LogP contribution in [0.4, 0.5) is 21.9 Å². The molecule has 1 atom stereocenters. The standard InChI is InChI=1S/C17H20N4O4S/c1-12(18-17(23)20-13-6-4-3-5-7-13)16(22)19-14-8-10-15(11-9-14)21-26(2,24)25/h3-12,21H,1-2H3,(H,19,22)(H2,18,20,23). The number of sulfonamides is 1. The molecule has 0 aliphatic carbocycles. The second-order valence-electron chi connectivity index (χ2n) is 5.63. The van der Waals surface area contributed by atoms with Gasteiger partial charge in [0.1, 0.15) is 6.04 Å². The van der Waals surface area contributed by atoms with E-state index in [2.05, 4.69) is 20.7 Å². The third-order valence-corrected chi connectivity index (χ3v) is 3.83. The number of hydrogen-bond donors (Lipinski definition) is 4. The van der Waals surface area contributed by atoms with E-state index >= 15 is 0 Å². The summed E-state index contributed by atoms with van der Waals surface area (Å²) < 4.78 is 24.6. The first-order chi connectivity index (χ1) is 12.2. The van der Waals surface area contributed by atoms with Crippen molar-refractivity contribution in [1.82, 2.24) is 5.32 Å². The Balaban J connectivity index is 1.87. The highest BCUT2D eigenvalue weighted by Crippen LogP contribution is 2.14. The van der Waals surface area contributed by atoms with E-state index in [9.17, 15) is 18.0 Å². The van der Waals surface area contributed by atoms with Crippen LogP contribution < -0.4 is 20.7 Å². The van der Waals surface area contributed by atoms with Crippen LogP contribution in [-0.2, 0) is 14.8 Å². The van der Waals surface area contributed by atoms with Crippen molar-refractivity contribution in [1.29, 1.82) is 0 Å². The summed E-state index contributed by atoms with van der Waals surface area (Å²) in [5.41, 5.74) is 1.48. The van der Waals surface area contributed by atoms with Gasteiger partial charge in [-0.15, -0.1) is 0 Å². The first kappa shape index (κ1) is 19.3. The van der Waals surface area contributed by atoms with Crippen LogP contribution in [0.1, 0.15) is 6.92 Å². The fourth-order valence-corrected chi connectivity index (χ4v) is 2.60. The predicted octanol–water partition coefficient (Wildman–Crippen LogP) is 2.21. The molecule has 138 valence electrons. The van der Waals surface area contributed by atoms with Crippen molar-refractivity contribution < 1.29 is 18.0 Å². The summed E-state index contributed by atoms with van der Waals surface area (Å²) in [4.78, 5) is 24.0. The SMILES string of the molecule is CC(NC(=O)Nc1ccccc1)C(=O)Nc1ccc(NS(C)(=O)=O)cc1. The Morgan fingerprint density at radius 3 is 1.96 bits per heavy atom. The number of carbonyl (C=O) groups is 2. The number of hydrogen-bond acceptors (Lipinski definition) is 4. The molecule has 0 heterocycles. The van der Waals surface area contributed by atoms with Gasteiger partial charge in [-0.05, 0) is 43.3 Å². The molecule has 0 aromatic heterocycles. The smallest absolute Gasteiger partial charge is 0.319 e. The number of para-hydroxylation sites is 1. The van der Waals surface area contributed by atoms with Crippen LogP contribution in [0.2, 0.25) is 0 Å². The molecule has 3 amide bonds. The van der Waals surface area contributed by atoms with Crippen molar-refractivity contribution in [3.63, 3.8) is 0 Å². The molecule has 2 aromatic rings. The summed E-state index contributed by atoms with van der Waals surface area (Å²) in [6, 6.07) is 13.8. The number of amides is 3. The van der Waals surface area contributed by atoms with Gasteiger partial charge in [-0.25, -0.2) is 13.2 Å². The molecule has 9 heteroatoms. The zero-order valence-corrected chi connectivity index (χ0v) is 15.1. The first-order valence-electron chi connectivity index (χ1n) is 7.74. The summed E-state index contributed by atoms with van der Waals surface area (Å²) in [6.45, 7) is 1.56. The fourth-order valence-electron chi connectivity index (χ4n) is 2.04. The molecular formula is C17H20N4O4S. The zero-order valence-electron chi connectivity index (χ0n) is 14.3. The van der Waals surface area contributed by atoms with Crippen LogP contribution in [0, 0.1) is 0 Å². The van der Waals surface area contributed by atoms with Crippen LogP contribution in [0.5, 0.6) is 0 Å². The molecule has 2 aromatic carbocycles. The monoisotopic (exact) mass is 376 g/mol. The van der Waals surface area contributed by atoms with Crippen LogP contribution in [0.25, 0.3) is 0 Å². The summed E-state index contributed by atoms with van der Waals surface area (Å²) >= 11 is 0. The Morgan fingerprint density at radius 1 is 0.846 bits per heavy atom. The van der Waals surface area contributed by atoms with Crippen molar-refractivity contribution in [3.05, 3.63) is 54.6 Å². The average molecular weight is 376 g/mol. The van der Waals surface area contributed by atoms with E-state index in [0.29, 0.717) is 17.1 Å². The third kappa shape index (κ3) is 6.44. The average Bonchev–Trinajstić information content (AvgIpc) is 2.56. The van der Waals surface area contributed by atoms with E-state index in [0.717, 1.165) is 6.26 Å². The van der Waals surface area contributed by atoms with Crippen molar-refractivity contribution in [3.8, 4) is 0 Å². The predicted molar refractivity (Wildman–Crippen MR) is 102 cm³/mol. The second kappa shape index (κ2) is 8.34. The first-order valence-corrected chi connectivity index (χ1v) is 9.63. The Morgan fingerprint density at radius 2 is 1.38 bits per heavy atom. The Labute approximate surface area is 152 Å². The van der Waals surface area contributed by atoms with E-state index in [-0.39, 0.29) is 0 Å². The lowest BCUT2D eigenvalue weighted by molar-refractivity contribution is -0.117. The normalized spacial score (nSPS) is 11.9. The molecule has 0 radical (unpaired) electrons. The van der Waals surface area contributed by atoms with Gasteiger partial charge in [-0.2, -0.15) is 0 Å². The maximum atomic E-state index is 12.1. The van der Waals surface area contributed by atoms with Gasteiger partial charge in [-0.3, -0.25) is 9.52 Å². The molecular weight excluding hydrogens is 356 g/mol. The van der Waals surface area contributed by atoms with Gasteiger partial charge in [0.25, 0.3) is 0 Å². The van der Waals surface area contributed by atoms with Gasteiger partial charge >= 0.3 is 6.03 Å². The topological polar surface area (TPSA) is 116 Å². The molecule has 0 bridgehead atoms. The van der Waals surface area contributed by atoms with Gasteiger partial charge < -0.3 is 16.0 Å². The molecule has 26 heavy (non-hydrogen) atoms. The molecule has 8 nitrogen and oxygen atoms in total. The highest BCUT2D eigenvalue weighted by molar-refractivity contribution is 7.92. The molecule has 0 saturated carbocycles. The third-order valence-electron chi connectivity index (χ3n) is 3.23. The Hall–Kier alpha value is -3.07. The summed E-state index contributed by atoms with van der Waals surface area (Å²) in [5, 5.41) is 7.80. The molecule has 4 N–H and O–H groups in total. The van der Waals surface area contributed by atoms with Crippen molar-refractivity contribution in [2.75, 3.05) is 21.6 Å². The molecule has 0 aliphatic rings. The summed E-state index contributed by atoms with van der Waals surface area (Å²) in [6.07, 6.45) is 1.05. The minimum atomic E-state index is -3.36. The van der Waals surface area contributed by atoms with Crippen LogP contribution >= 0.6 is 0 Å². The van der Waals surface area contributed by atoms with Gasteiger partial charge in [-0.1, -0.05) is 18.2 Å². The van der Waals surface area contributed by atoms with E-state index in [1.54, 1.807) is 43.3 Å². The quantitative estimate of drug-likeness (QED) is 0.618. The van der Waals surface area contributed by atoms with E-state index in [4.69, 9.17) is 0 Å². The van der Waals surface area contributed by atoms with Crippen molar-refractivity contribution in [2.24, 2.45) is 0 Å². The summed E-state index contributed by atoms with van der Waals surface area (Å²) in [7, 11) is -3.36. The Kier molecular flexibility index (Phi) is 6.18. The molecule has 0 aliphatic heterocycles. The summed E-state index contributed by atoms with van der Waals surface area (Å²) in [5.74, 6) is -0.406. The van der Waals surface area contributed by atoms with Crippen molar-refractivity contribution in [2.45, 2.75) is 13.0 Å². The van der Waals surface area contributed by atoms with Crippen LogP contribution in [-0.4, -0.2) is 32.7 Å². The second-order valence-corrected chi connectivity index (χ2v) is 7.38. The number of benzene rings is 2. The molecule has 0 saturated heterocycles. The maximum Gasteiger partial charge on any atom is 0.319 e. The minimum absolute atomic E-state index is 0.388. The maximum absolute atomic E-state index is 12.1. The van der Waals surface area contributed by atoms with E-state index in [1.807, 2.05) is 6.07 Å². The largest absolute Gasteiger partial charge is 0.326 e. The van der Waals surface area contributed by atoms with Gasteiger partial charge in [0.05, 0.1) is 6.26 Å². The molecule has 2 rings (SSSR count). The highest BCUT2D eigenvalue weighted by atomic mass is 32.2. The lowest BCUT2D eigenvalue weighted by atomic mass is 10.2. The highest BCUT2D eigenvalue weighted by Gasteiger charge is 2.15. The van der Waals surface area contributed by atoms with Gasteiger partial charge in [0, 0.05) is 17.1 Å². The Bertz CT molecular complexity index is 867. The number of carbonyl (C=O) groups excluding carboxylic acids is 2. The molecule has 1 unspecified atom stereocenters. The van der Waals surface area contributed by atoms with Crippen LogP contribution in [0.15, 0.2) is 54.6 Å². The number of anilines is 3.